The molecule has 0 fully saturated rings. The van der Waals surface area contributed by atoms with Gasteiger partial charge in [-0.2, -0.15) is 0 Å². The van der Waals surface area contributed by atoms with E-state index in [1.807, 2.05) is 60.2 Å². The van der Waals surface area contributed by atoms with Crippen LogP contribution >= 0.6 is 34.7 Å². The highest BCUT2D eigenvalue weighted by Crippen LogP contribution is 2.37. The summed E-state index contributed by atoms with van der Waals surface area (Å²) in [7, 11) is 2.90. The third-order valence-electron chi connectivity index (χ3n) is 5.72. The Bertz CT molecular complexity index is 1470. The average Bonchev–Trinajstić information content (AvgIpc) is 3.55. The van der Waals surface area contributed by atoms with Gasteiger partial charge in [-0.1, -0.05) is 41.6 Å². The van der Waals surface area contributed by atoms with Gasteiger partial charge in [0.2, 0.25) is 5.91 Å². The zero-order valence-electron chi connectivity index (χ0n) is 21.8. The molecule has 0 radical (unpaired) electrons. The number of amides is 1. The topological polar surface area (TPSA) is 105 Å². The van der Waals surface area contributed by atoms with Crippen molar-refractivity contribution in [2.75, 3.05) is 25.3 Å². The Kier molecular flexibility index (Phi) is 9.50. The van der Waals surface area contributed by atoms with E-state index in [1.165, 1.54) is 30.2 Å². The standard InChI is InChI=1S/C27H27ClN4O5S2/c1-5-32-22(13-37-21-12-16(2)6-11-20(21)28)30-31-27(32)39-15-23(33)29-25-24(26(34)36-4)19(14-38-25)17-7-9-18(35-3)10-8-17/h6-12,14H,5,13,15H2,1-4H3,(H,29,33). The number of halogens is 1. The van der Waals surface area contributed by atoms with Gasteiger partial charge in [-0.3, -0.25) is 4.79 Å². The quantitative estimate of drug-likeness (QED) is 0.166. The molecule has 9 nitrogen and oxygen atoms in total. The Morgan fingerprint density at radius 1 is 1.13 bits per heavy atom. The van der Waals surface area contributed by atoms with Crippen molar-refractivity contribution in [3.05, 3.63) is 69.8 Å². The van der Waals surface area contributed by atoms with Crippen molar-refractivity contribution in [1.29, 1.82) is 0 Å². The fraction of sp³-hybridized carbons (Fsp3) is 0.259. The highest BCUT2D eigenvalue weighted by atomic mass is 35.5. The van der Waals surface area contributed by atoms with Crippen LogP contribution < -0.4 is 14.8 Å². The second-order valence-electron chi connectivity index (χ2n) is 8.28. The van der Waals surface area contributed by atoms with Gasteiger partial charge in [0.05, 0.1) is 25.0 Å². The highest BCUT2D eigenvalue weighted by molar-refractivity contribution is 7.99. The number of ether oxygens (including phenoxy) is 3. The lowest BCUT2D eigenvalue weighted by molar-refractivity contribution is -0.113. The van der Waals surface area contributed by atoms with Crippen molar-refractivity contribution in [2.45, 2.75) is 32.2 Å². The molecule has 0 unspecified atom stereocenters. The number of rotatable bonds is 11. The van der Waals surface area contributed by atoms with E-state index in [-0.39, 0.29) is 18.3 Å². The molecule has 1 N–H and O–H groups in total. The molecule has 0 saturated heterocycles. The fourth-order valence-corrected chi connectivity index (χ4v) is 5.71. The molecule has 0 spiro atoms. The van der Waals surface area contributed by atoms with Gasteiger partial charge in [-0.15, -0.1) is 21.5 Å². The van der Waals surface area contributed by atoms with Crippen LogP contribution in [0, 0.1) is 6.92 Å². The van der Waals surface area contributed by atoms with Crippen LogP contribution in [0.4, 0.5) is 5.00 Å². The van der Waals surface area contributed by atoms with Gasteiger partial charge in [-0.25, -0.2) is 4.79 Å². The summed E-state index contributed by atoms with van der Waals surface area (Å²) in [6.45, 7) is 4.70. The van der Waals surface area contributed by atoms with Gasteiger partial charge >= 0.3 is 5.97 Å². The molecular weight excluding hydrogens is 560 g/mol. The van der Waals surface area contributed by atoms with Crippen molar-refractivity contribution >= 4 is 51.6 Å². The number of nitrogens with zero attached hydrogens (tertiary/aromatic N) is 3. The number of hydrogen-bond donors (Lipinski definition) is 1. The summed E-state index contributed by atoms with van der Waals surface area (Å²) < 4.78 is 18.0. The molecule has 1 amide bonds. The third kappa shape index (κ3) is 6.73. The molecule has 12 heteroatoms. The maximum atomic E-state index is 12.9. The van der Waals surface area contributed by atoms with E-state index in [9.17, 15) is 9.59 Å². The minimum atomic E-state index is -0.533. The summed E-state index contributed by atoms with van der Waals surface area (Å²) in [5.74, 6) is 1.14. The summed E-state index contributed by atoms with van der Waals surface area (Å²) in [6.07, 6.45) is 0. The van der Waals surface area contributed by atoms with Gasteiger partial charge in [0.15, 0.2) is 11.0 Å². The number of hydrogen-bond acceptors (Lipinski definition) is 9. The van der Waals surface area contributed by atoms with Crippen LogP contribution in [0.5, 0.6) is 11.5 Å². The molecule has 204 valence electrons. The lowest BCUT2D eigenvalue weighted by Crippen LogP contribution is -2.16. The predicted octanol–water partition coefficient (Wildman–Crippen LogP) is 6.09. The van der Waals surface area contributed by atoms with E-state index in [2.05, 4.69) is 15.5 Å². The van der Waals surface area contributed by atoms with Crippen LogP contribution in [0.3, 0.4) is 0 Å². The number of thiophene rings is 1. The van der Waals surface area contributed by atoms with E-state index in [0.29, 0.717) is 50.2 Å². The minimum absolute atomic E-state index is 0.0685. The average molecular weight is 587 g/mol. The van der Waals surface area contributed by atoms with E-state index < -0.39 is 5.97 Å². The number of carbonyl (C=O) groups excluding carboxylic acids is 2. The van der Waals surface area contributed by atoms with Gasteiger partial charge in [-0.05, 0) is 49.2 Å². The molecule has 0 aliphatic rings. The maximum absolute atomic E-state index is 12.9. The number of aromatic nitrogens is 3. The summed E-state index contributed by atoms with van der Waals surface area (Å²) in [5.41, 5.74) is 2.81. The van der Waals surface area contributed by atoms with Gasteiger partial charge in [0.1, 0.15) is 28.7 Å². The minimum Gasteiger partial charge on any atom is -0.497 e. The third-order valence-corrected chi connectivity index (χ3v) is 7.89. The van der Waals surface area contributed by atoms with E-state index in [1.54, 1.807) is 13.2 Å². The first-order valence-corrected chi connectivity index (χ1v) is 14.2. The van der Waals surface area contributed by atoms with E-state index >= 15 is 0 Å². The van der Waals surface area contributed by atoms with Crippen LogP contribution in [-0.4, -0.2) is 46.6 Å². The zero-order chi connectivity index (χ0) is 27.9. The molecule has 0 aliphatic carbocycles. The van der Waals surface area contributed by atoms with Crippen LogP contribution in [0.1, 0.15) is 28.7 Å². The second-order valence-corrected chi connectivity index (χ2v) is 10.5. The number of aryl methyl sites for hydroxylation is 1. The Labute approximate surface area is 239 Å². The Morgan fingerprint density at radius 3 is 2.59 bits per heavy atom. The number of thioether (sulfide) groups is 1. The number of benzene rings is 2. The lowest BCUT2D eigenvalue weighted by atomic mass is 10.0. The first-order valence-electron chi connectivity index (χ1n) is 11.9. The van der Waals surface area contributed by atoms with Crippen molar-refractivity contribution in [3.8, 4) is 22.6 Å². The summed E-state index contributed by atoms with van der Waals surface area (Å²) in [5, 5.41) is 14.7. The Balaban J connectivity index is 1.43. The molecule has 2 aromatic carbocycles. The predicted molar refractivity (Wildman–Crippen MR) is 153 cm³/mol. The molecule has 0 atom stereocenters. The monoisotopic (exact) mass is 586 g/mol. The van der Waals surface area contributed by atoms with Crippen LogP contribution in [0.15, 0.2) is 53.0 Å². The molecule has 4 rings (SSSR count). The van der Waals surface area contributed by atoms with Gasteiger partial charge in [0.25, 0.3) is 0 Å². The summed E-state index contributed by atoms with van der Waals surface area (Å²) in [6, 6.07) is 12.9. The Hall–Kier alpha value is -3.54. The van der Waals surface area contributed by atoms with E-state index in [4.69, 9.17) is 25.8 Å². The molecule has 2 aromatic heterocycles. The van der Waals surface area contributed by atoms with Crippen molar-refractivity contribution in [1.82, 2.24) is 14.8 Å². The second kappa shape index (κ2) is 13.0. The van der Waals surface area contributed by atoms with Crippen LogP contribution in [0.2, 0.25) is 5.02 Å². The molecule has 0 bridgehead atoms. The number of esters is 1. The van der Waals surface area contributed by atoms with Gasteiger partial charge < -0.3 is 24.1 Å². The number of anilines is 1. The number of carbonyl (C=O) groups is 2. The summed E-state index contributed by atoms with van der Waals surface area (Å²) in [4.78, 5) is 25.5. The number of nitrogens with one attached hydrogen (secondary N) is 1. The first kappa shape index (κ1) is 28.5. The Morgan fingerprint density at radius 2 is 1.90 bits per heavy atom. The molecule has 0 saturated carbocycles. The molecule has 0 aliphatic heterocycles. The molecular formula is C27H27ClN4O5S2. The van der Waals surface area contributed by atoms with Crippen LogP contribution in [0.25, 0.3) is 11.1 Å². The molecule has 4 aromatic rings. The van der Waals surface area contributed by atoms with E-state index in [0.717, 1.165) is 11.1 Å². The van der Waals surface area contributed by atoms with Crippen molar-refractivity contribution < 1.29 is 23.8 Å². The SMILES string of the molecule is CCn1c(COc2cc(C)ccc2Cl)nnc1SCC(=O)Nc1scc(-c2ccc(OC)cc2)c1C(=O)OC. The smallest absolute Gasteiger partial charge is 0.341 e. The van der Waals surface area contributed by atoms with Gasteiger partial charge in [0, 0.05) is 17.5 Å². The normalized spacial score (nSPS) is 10.8. The largest absolute Gasteiger partial charge is 0.497 e. The molecule has 39 heavy (non-hydrogen) atoms. The zero-order valence-corrected chi connectivity index (χ0v) is 24.2. The van der Waals surface area contributed by atoms with Crippen molar-refractivity contribution in [2.24, 2.45) is 0 Å². The lowest BCUT2D eigenvalue weighted by Gasteiger charge is -2.10. The highest BCUT2D eigenvalue weighted by Gasteiger charge is 2.23. The summed E-state index contributed by atoms with van der Waals surface area (Å²) >= 11 is 8.74. The maximum Gasteiger partial charge on any atom is 0.341 e. The number of methoxy groups -OCH3 is 2. The fourth-order valence-electron chi connectivity index (χ4n) is 3.74. The van der Waals surface area contributed by atoms with Crippen molar-refractivity contribution in [3.63, 3.8) is 0 Å². The van der Waals surface area contributed by atoms with Crippen LogP contribution in [-0.2, 0) is 22.7 Å². The first-order chi connectivity index (χ1) is 18.8. The molecule has 2 heterocycles.